The lowest BCUT2D eigenvalue weighted by Crippen LogP contribution is -2.30. The molecule has 0 fully saturated rings. The van der Waals surface area contributed by atoms with Crippen molar-refractivity contribution in [2.45, 2.75) is 66.8 Å². The van der Waals surface area contributed by atoms with Crippen molar-refractivity contribution in [3.63, 3.8) is 0 Å². The number of benzene rings is 1. The summed E-state index contributed by atoms with van der Waals surface area (Å²) in [6.45, 7) is 11.6. The summed E-state index contributed by atoms with van der Waals surface area (Å²) < 4.78 is 0. The number of carbonyl (C=O) groups excluding carboxylic acids is 1. The Kier molecular flexibility index (Phi) is 7.75. The first-order valence-electron chi connectivity index (χ1n) is 8.77. The van der Waals surface area contributed by atoms with Gasteiger partial charge in [0.25, 0.3) is 5.91 Å². The molecule has 4 nitrogen and oxygen atoms in total. The van der Waals surface area contributed by atoms with Gasteiger partial charge in [-0.2, -0.15) is 0 Å². The Balaban J connectivity index is 3.04. The zero-order valence-electron chi connectivity index (χ0n) is 16.2. The first kappa shape index (κ1) is 20.8. The molecule has 1 amide bonds. The first-order valence-corrected chi connectivity index (χ1v) is 8.77. The summed E-state index contributed by atoms with van der Waals surface area (Å²) in [6, 6.07) is 1.51. The van der Waals surface area contributed by atoms with Crippen LogP contribution in [0.4, 0.5) is 0 Å². The van der Waals surface area contributed by atoms with Crippen LogP contribution in [0.2, 0.25) is 0 Å². The highest BCUT2D eigenvalue weighted by Gasteiger charge is 2.20. The van der Waals surface area contributed by atoms with E-state index < -0.39 is 0 Å². The number of rotatable bonds is 7. The van der Waals surface area contributed by atoms with Gasteiger partial charge in [-0.05, 0) is 72.4 Å². The lowest BCUT2D eigenvalue weighted by molar-refractivity contribution is 0.0939. The fraction of sp³-hybridized carbons (Fsp3) is 0.476. The van der Waals surface area contributed by atoms with Crippen molar-refractivity contribution >= 4 is 5.91 Å². The molecule has 0 heterocycles. The summed E-state index contributed by atoms with van der Waals surface area (Å²) in [6.07, 6.45) is 6.47. The topological polar surface area (TPSA) is 69.6 Å². The number of phenolic OH excluding ortho intramolecular Hbond substituents is 2. The standard InChI is InChI=1S/C21H31NO3/c1-13(2)8-7-9-15(5)10-11-17-18(23)12-16(6)19(20(17)24)21(25)22-14(3)4/h8,10,12,14,23-24H,7,9,11H2,1-6H3,(H,22,25)/b15-10+. The van der Waals surface area contributed by atoms with Crippen LogP contribution in [0.5, 0.6) is 11.5 Å². The summed E-state index contributed by atoms with van der Waals surface area (Å²) in [5, 5.41) is 23.5. The normalized spacial score (nSPS) is 11.6. The monoisotopic (exact) mass is 345 g/mol. The van der Waals surface area contributed by atoms with Gasteiger partial charge in [-0.15, -0.1) is 0 Å². The van der Waals surface area contributed by atoms with Crippen molar-refractivity contribution in [1.29, 1.82) is 0 Å². The second kappa shape index (κ2) is 9.30. The van der Waals surface area contributed by atoms with E-state index in [0.717, 1.165) is 12.8 Å². The Bertz CT molecular complexity index is 681. The van der Waals surface area contributed by atoms with Crippen LogP contribution in [0, 0.1) is 6.92 Å². The second-order valence-electron chi connectivity index (χ2n) is 7.12. The van der Waals surface area contributed by atoms with Gasteiger partial charge in [0.1, 0.15) is 11.5 Å². The highest BCUT2D eigenvalue weighted by Crippen LogP contribution is 2.34. The van der Waals surface area contributed by atoms with Gasteiger partial charge in [0.15, 0.2) is 0 Å². The van der Waals surface area contributed by atoms with Crippen LogP contribution in [-0.4, -0.2) is 22.2 Å². The van der Waals surface area contributed by atoms with E-state index in [9.17, 15) is 15.0 Å². The number of phenols is 2. The molecule has 0 saturated carbocycles. The molecule has 0 spiro atoms. The fourth-order valence-corrected chi connectivity index (χ4v) is 2.61. The highest BCUT2D eigenvalue weighted by atomic mass is 16.3. The Labute approximate surface area is 151 Å². The number of amides is 1. The maximum atomic E-state index is 12.3. The Morgan fingerprint density at radius 2 is 1.84 bits per heavy atom. The zero-order chi connectivity index (χ0) is 19.1. The minimum Gasteiger partial charge on any atom is -0.508 e. The number of hydrogen-bond acceptors (Lipinski definition) is 3. The predicted molar refractivity (Wildman–Crippen MR) is 103 cm³/mol. The van der Waals surface area contributed by atoms with E-state index in [-0.39, 0.29) is 29.0 Å². The molecular formula is C21H31NO3. The van der Waals surface area contributed by atoms with Crippen molar-refractivity contribution < 1.29 is 15.0 Å². The SMILES string of the molecule is CC(C)=CCC/C(C)=C/Cc1c(O)cc(C)c(C(=O)NC(C)C)c1O. The molecule has 0 aromatic heterocycles. The van der Waals surface area contributed by atoms with Gasteiger partial charge in [0.05, 0.1) is 5.56 Å². The number of hydrogen-bond donors (Lipinski definition) is 3. The third kappa shape index (κ3) is 6.29. The summed E-state index contributed by atoms with van der Waals surface area (Å²) in [7, 11) is 0. The van der Waals surface area contributed by atoms with E-state index in [0.29, 0.717) is 17.5 Å². The van der Waals surface area contributed by atoms with Gasteiger partial charge in [0.2, 0.25) is 0 Å². The van der Waals surface area contributed by atoms with Crippen molar-refractivity contribution in [3.8, 4) is 11.5 Å². The van der Waals surface area contributed by atoms with Gasteiger partial charge in [-0.25, -0.2) is 0 Å². The van der Waals surface area contributed by atoms with Crippen molar-refractivity contribution in [2.75, 3.05) is 0 Å². The Morgan fingerprint density at radius 1 is 1.20 bits per heavy atom. The molecule has 0 aliphatic rings. The fourth-order valence-electron chi connectivity index (χ4n) is 2.61. The number of aryl methyl sites for hydroxylation is 1. The molecule has 0 saturated heterocycles. The van der Waals surface area contributed by atoms with E-state index >= 15 is 0 Å². The van der Waals surface area contributed by atoms with Crippen LogP contribution in [0.25, 0.3) is 0 Å². The molecule has 0 bridgehead atoms. The maximum absolute atomic E-state index is 12.3. The molecule has 0 atom stereocenters. The summed E-state index contributed by atoms with van der Waals surface area (Å²) in [5.41, 5.74) is 3.66. The molecule has 3 N–H and O–H groups in total. The molecule has 0 unspecified atom stereocenters. The van der Waals surface area contributed by atoms with Crippen molar-refractivity contribution in [1.82, 2.24) is 5.32 Å². The average Bonchev–Trinajstić information content (AvgIpc) is 2.45. The average molecular weight is 345 g/mol. The van der Waals surface area contributed by atoms with Crippen LogP contribution in [0.3, 0.4) is 0 Å². The number of aromatic hydroxyl groups is 2. The van der Waals surface area contributed by atoms with Gasteiger partial charge >= 0.3 is 0 Å². The van der Waals surface area contributed by atoms with E-state index in [4.69, 9.17) is 0 Å². The lowest BCUT2D eigenvalue weighted by Gasteiger charge is -2.15. The molecule has 0 aliphatic heterocycles. The quantitative estimate of drug-likeness (QED) is 0.623. The predicted octanol–water partition coefficient (Wildman–Crippen LogP) is 4.78. The molecule has 0 radical (unpaired) electrons. The minimum atomic E-state index is -0.324. The van der Waals surface area contributed by atoms with E-state index in [1.54, 1.807) is 6.92 Å². The third-order valence-electron chi connectivity index (χ3n) is 3.97. The minimum absolute atomic E-state index is 0.0180. The highest BCUT2D eigenvalue weighted by molar-refractivity contribution is 5.99. The zero-order valence-corrected chi connectivity index (χ0v) is 16.2. The number of carbonyl (C=O) groups is 1. The van der Waals surface area contributed by atoms with Crippen LogP contribution < -0.4 is 5.32 Å². The van der Waals surface area contributed by atoms with Gasteiger partial charge in [-0.3, -0.25) is 4.79 Å². The van der Waals surface area contributed by atoms with E-state index in [1.807, 2.05) is 26.8 Å². The largest absolute Gasteiger partial charge is 0.508 e. The molecule has 25 heavy (non-hydrogen) atoms. The Morgan fingerprint density at radius 3 is 2.40 bits per heavy atom. The molecule has 4 heteroatoms. The molecule has 138 valence electrons. The Hall–Kier alpha value is -2.23. The van der Waals surface area contributed by atoms with Crippen LogP contribution in [0.15, 0.2) is 29.4 Å². The van der Waals surface area contributed by atoms with Gasteiger partial charge < -0.3 is 15.5 Å². The van der Waals surface area contributed by atoms with Crippen molar-refractivity contribution in [2.24, 2.45) is 0 Å². The van der Waals surface area contributed by atoms with Gasteiger partial charge in [-0.1, -0.05) is 23.3 Å². The van der Waals surface area contributed by atoms with Crippen LogP contribution >= 0.6 is 0 Å². The first-order chi connectivity index (χ1) is 11.6. The lowest BCUT2D eigenvalue weighted by atomic mass is 9.97. The summed E-state index contributed by atoms with van der Waals surface area (Å²) >= 11 is 0. The summed E-state index contributed by atoms with van der Waals surface area (Å²) in [5.74, 6) is -0.441. The number of nitrogens with one attached hydrogen (secondary N) is 1. The van der Waals surface area contributed by atoms with Crippen molar-refractivity contribution in [3.05, 3.63) is 46.1 Å². The number of allylic oxidation sites excluding steroid dienone is 4. The third-order valence-corrected chi connectivity index (χ3v) is 3.97. The van der Waals surface area contributed by atoms with Gasteiger partial charge in [0, 0.05) is 11.6 Å². The van der Waals surface area contributed by atoms with Crippen LogP contribution in [0.1, 0.15) is 68.9 Å². The van der Waals surface area contributed by atoms with E-state index in [1.165, 1.54) is 17.2 Å². The second-order valence-corrected chi connectivity index (χ2v) is 7.12. The molecule has 1 aromatic rings. The smallest absolute Gasteiger partial charge is 0.255 e. The molecular weight excluding hydrogens is 314 g/mol. The van der Waals surface area contributed by atoms with Crippen LogP contribution in [-0.2, 0) is 6.42 Å². The summed E-state index contributed by atoms with van der Waals surface area (Å²) in [4.78, 5) is 12.3. The molecule has 0 aliphatic carbocycles. The molecule has 1 aromatic carbocycles. The molecule has 1 rings (SSSR count). The maximum Gasteiger partial charge on any atom is 0.255 e. The van der Waals surface area contributed by atoms with E-state index in [2.05, 4.69) is 25.2 Å².